The fourth-order valence-electron chi connectivity index (χ4n) is 3.88. The molecule has 1 aliphatic heterocycles. The number of carbonyl (C=O) groups excluding carboxylic acids is 3. The number of hydrogen-bond donors (Lipinski definition) is 2. The zero-order chi connectivity index (χ0) is 15.8. The number of fused-ring (bicyclic) bond motifs is 1. The topological polar surface area (TPSA) is 84.5 Å². The minimum atomic E-state index is -0.946. The third kappa shape index (κ3) is 2.30. The summed E-state index contributed by atoms with van der Waals surface area (Å²) >= 11 is 0. The Hall–Kier alpha value is -1.59. The highest BCUT2D eigenvalue weighted by atomic mass is 16.5. The lowest BCUT2D eigenvalue weighted by molar-refractivity contribution is -0.159. The van der Waals surface area contributed by atoms with Gasteiger partial charge >= 0.3 is 5.97 Å². The Kier molecular flexibility index (Phi) is 4.00. The molecule has 0 aromatic rings. The van der Waals surface area contributed by atoms with Gasteiger partial charge in [-0.1, -0.05) is 20.3 Å². The molecule has 118 valence electrons. The van der Waals surface area contributed by atoms with Crippen LogP contribution in [0.15, 0.2) is 0 Å². The maximum absolute atomic E-state index is 12.7. The van der Waals surface area contributed by atoms with E-state index >= 15 is 0 Å². The average Bonchev–Trinajstić information content (AvgIpc) is 2.80. The minimum absolute atomic E-state index is 0.00287. The van der Waals surface area contributed by atoms with Crippen molar-refractivity contribution in [1.82, 2.24) is 10.6 Å². The van der Waals surface area contributed by atoms with Crippen molar-refractivity contribution in [2.45, 2.75) is 57.5 Å². The largest absolute Gasteiger partial charge is 0.467 e. The van der Waals surface area contributed by atoms with Crippen molar-refractivity contribution >= 4 is 17.8 Å². The van der Waals surface area contributed by atoms with Gasteiger partial charge in [0.15, 0.2) is 0 Å². The number of carbonyl (C=O) groups is 3. The second-order valence-corrected chi connectivity index (χ2v) is 6.52. The predicted molar refractivity (Wildman–Crippen MR) is 76.2 cm³/mol. The van der Waals surface area contributed by atoms with E-state index in [9.17, 15) is 14.4 Å². The number of rotatable bonds is 3. The molecule has 2 amide bonds. The molecule has 3 atom stereocenters. The Morgan fingerprint density at radius 2 is 2.10 bits per heavy atom. The molecule has 6 heteroatoms. The highest BCUT2D eigenvalue weighted by Crippen LogP contribution is 2.46. The summed E-state index contributed by atoms with van der Waals surface area (Å²) in [6, 6.07) is 0. The molecule has 1 saturated heterocycles. The van der Waals surface area contributed by atoms with Crippen molar-refractivity contribution < 1.29 is 19.1 Å². The molecule has 0 spiro atoms. The summed E-state index contributed by atoms with van der Waals surface area (Å²) in [5.41, 5.74) is -1.86. The van der Waals surface area contributed by atoms with Crippen molar-refractivity contribution in [3.8, 4) is 0 Å². The van der Waals surface area contributed by atoms with Gasteiger partial charge in [0.2, 0.25) is 11.8 Å². The van der Waals surface area contributed by atoms with Crippen LogP contribution in [0.25, 0.3) is 0 Å². The number of methoxy groups -OCH3 is 1. The van der Waals surface area contributed by atoms with Crippen molar-refractivity contribution in [3.05, 3.63) is 0 Å². The summed E-state index contributed by atoms with van der Waals surface area (Å²) in [4.78, 5) is 36.5. The van der Waals surface area contributed by atoms with E-state index in [0.717, 1.165) is 12.8 Å². The standard InChI is InChI=1S/C15H24N2O4/c1-9(2)15(16-10(3)18)8-11-6-5-7-14(11,13(20)21-4)17-12(15)19/h9,11H,5-8H2,1-4H3,(H,16,18)(H,17,19)/t11-,14-,15+/m1/s1. The van der Waals surface area contributed by atoms with Crippen molar-refractivity contribution in [2.75, 3.05) is 7.11 Å². The van der Waals surface area contributed by atoms with Crippen molar-refractivity contribution in [2.24, 2.45) is 11.8 Å². The molecule has 6 nitrogen and oxygen atoms in total. The molecule has 21 heavy (non-hydrogen) atoms. The van der Waals surface area contributed by atoms with E-state index in [1.165, 1.54) is 14.0 Å². The summed E-state index contributed by atoms with van der Waals surface area (Å²) in [5, 5.41) is 5.72. The second-order valence-electron chi connectivity index (χ2n) is 6.52. The number of nitrogens with one attached hydrogen (secondary N) is 2. The van der Waals surface area contributed by atoms with Crippen LogP contribution < -0.4 is 10.6 Å². The first kappa shape index (κ1) is 15.8. The summed E-state index contributed by atoms with van der Waals surface area (Å²) in [5.74, 6) is -0.952. The van der Waals surface area contributed by atoms with Gasteiger partial charge in [0.25, 0.3) is 0 Å². The molecule has 0 radical (unpaired) electrons. The fraction of sp³-hybridized carbons (Fsp3) is 0.800. The lowest BCUT2D eigenvalue weighted by Gasteiger charge is -2.48. The van der Waals surface area contributed by atoms with Crippen LogP contribution in [-0.4, -0.2) is 36.0 Å². The molecule has 0 unspecified atom stereocenters. The van der Waals surface area contributed by atoms with Crippen molar-refractivity contribution in [3.63, 3.8) is 0 Å². The molecule has 0 bridgehead atoms. The number of amides is 2. The molecule has 0 aromatic carbocycles. The van der Waals surface area contributed by atoms with Crippen LogP contribution in [0.4, 0.5) is 0 Å². The van der Waals surface area contributed by atoms with Crippen LogP contribution in [0.2, 0.25) is 0 Å². The van der Waals surface area contributed by atoms with Gasteiger partial charge in [0.05, 0.1) is 7.11 Å². The highest BCUT2D eigenvalue weighted by molar-refractivity contribution is 5.97. The van der Waals surface area contributed by atoms with Gasteiger partial charge < -0.3 is 15.4 Å². The van der Waals surface area contributed by atoms with Gasteiger partial charge in [0, 0.05) is 6.92 Å². The van der Waals surface area contributed by atoms with Gasteiger partial charge in [-0.3, -0.25) is 9.59 Å². The van der Waals surface area contributed by atoms with E-state index in [4.69, 9.17) is 4.74 Å². The quantitative estimate of drug-likeness (QED) is 0.753. The lowest BCUT2D eigenvalue weighted by Crippen LogP contribution is -2.73. The Morgan fingerprint density at radius 1 is 1.43 bits per heavy atom. The number of esters is 1. The van der Waals surface area contributed by atoms with Gasteiger partial charge in [-0.15, -0.1) is 0 Å². The molecule has 1 heterocycles. The second kappa shape index (κ2) is 5.31. The van der Waals surface area contributed by atoms with E-state index < -0.39 is 11.1 Å². The Bertz CT molecular complexity index is 476. The van der Waals surface area contributed by atoms with Crippen molar-refractivity contribution in [1.29, 1.82) is 0 Å². The fourth-order valence-corrected chi connectivity index (χ4v) is 3.88. The smallest absolute Gasteiger partial charge is 0.331 e. The molecular formula is C15H24N2O4. The van der Waals surface area contributed by atoms with Gasteiger partial charge in [-0.2, -0.15) is 0 Å². The van der Waals surface area contributed by atoms with Crippen LogP contribution in [0, 0.1) is 11.8 Å². The maximum atomic E-state index is 12.7. The van der Waals surface area contributed by atoms with E-state index in [-0.39, 0.29) is 29.6 Å². The third-order valence-corrected chi connectivity index (χ3v) is 5.07. The molecular weight excluding hydrogens is 272 g/mol. The van der Waals surface area contributed by atoms with Crippen LogP contribution >= 0.6 is 0 Å². The Morgan fingerprint density at radius 3 is 2.62 bits per heavy atom. The monoisotopic (exact) mass is 296 g/mol. The van der Waals surface area contributed by atoms with Gasteiger partial charge in [0.1, 0.15) is 11.1 Å². The zero-order valence-electron chi connectivity index (χ0n) is 13.1. The molecule has 0 aromatic heterocycles. The number of hydrogen-bond acceptors (Lipinski definition) is 4. The van der Waals surface area contributed by atoms with Crippen LogP contribution in [-0.2, 0) is 19.1 Å². The highest BCUT2D eigenvalue weighted by Gasteiger charge is 2.61. The normalized spacial score (nSPS) is 35.1. The first-order valence-corrected chi connectivity index (χ1v) is 7.48. The van der Waals surface area contributed by atoms with Crippen LogP contribution in [0.1, 0.15) is 46.5 Å². The summed E-state index contributed by atoms with van der Waals surface area (Å²) in [6.45, 7) is 5.24. The first-order valence-electron chi connectivity index (χ1n) is 7.48. The Balaban J connectivity index is 2.38. The third-order valence-electron chi connectivity index (χ3n) is 5.07. The van der Waals surface area contributed by atoms with E-state index in [1.807, 2.05) is 13.8 Å². The van der Waals surface area contributed by atoms with Crippen LogP contribution in [0.5, 0.6) is 0 Å². The lowest BCUT2D eigenvalue weighted by atomic mass is 9.68. The number of piperidine rings is 1. The Labute approximate surface area is 125 Å². The molecule has 1 aliphatic carbocycles. The zero-order valence-corrected chi connectivity index (χ0v) is 13.1. The molecule has 2 fully saturated rings. The van der Waals surface area contributed by atoms with Crippen LogP contribution in [0.3, 0.4) is 0 Å². The predicted octanol–water partition coefficient (Wildman–Crippen LogP) is 0.749. The molecule has 1 saturated carbocycles. The average molecular weight is 296 g/mol. The first-order chi connectivity index (χ1) is 9.78. The summed E-state index contributed by atoms with van der Waals surface area (Å²) in [6.07, 6.45) is 2.80. The summed E-state index contributed by atoms with van der Waals surface area (Å²) in [7, 11) is 1.34. The van der Waals surface area contributed by atoms with E-state index in [1.54, 1.807) is 0 Å². The molecule has 2 aliphatic rings. The van der Waals surface area contributed by atoms with E-state index in [2.05, 4.69) is 10.6 Å². The van der Waals surface area contributed by atoms with Gasteiger partial charge in [-0.05, 0) is 31.1 Å². The molecule has 2 rings (SSSR count). The molecule has 2 N–H and O–H groups in total. The van der Waals surface area contributed by atoms with E-state index in [0.29, 0.717) is 12.8 Å². The minimum Gasteiger partial charge on any atom is -0.467 e. The SMILES string of the molecule is COC(=O)[C@@]12CCC[C@@H]1C[C@](NC(C)=O)(C(C)C)C(=O)N2. The number of ether oxygens (including phenoxy) is 1. The maximum Gasteiger partial charge on any atom is 0.331 e. The summed E-state index contributed by atoms with van der Waals surface area (Å²) < 4.78 is 4.91. The van der Waals surface area contributed by atoms with Gasteiger partial charge in [-0.25, -0.2) is 4.79 Å².